The molecule has 0 fully saturated rings. The number of hydrogen-bond acceptors (Lipinski definition) is 1. The Morgan fingerprint density at radius 1 is 1.27 bits per heavy atom. The first-order valence-electron chi connectivity index (χ1n) is 5.68. The Bertz CT molecular complexity index is 309. The molecule has 0 radical (unpaired) electrons. The van der Waals surface area contributed by atoms with Crippen LogP contribution in [0, 0.1) is 12.3 Å². The minimum Gasteiger partial charge on any atom is -0.310 e. The van der Waals surface area contributed by atoms with Gasteiger partial charge in [-0.15, -0.1) is 0 Å². The standard InChI is InChI=1S/C14H23N/c1-11-7-6-8-13(9-11)12(2)15-10-14(3,4)5/h6-9,12,15H,10H2,1-5H3. The summed E-state index contributed by atoms with van der Waals surface area (Å²) < 4.78 is 0. The predicted molar refractivity (Wildman–Crippen MR) is 67.1 cm³/mol. The van der Waals surface area contributed by atoms with Crippen molar-refractivity contribution in [3.05, 3.63) is 35.4 Å². The minimum absolute atomic E-state index is 0.345. The van der Waals surface area contributed by atoms with Crippen LogP contribution >= 0.6 is 0 Å². The van der Waals surface area contributed by atoms with E-state index in [4.69, 9.17) is 0 Å². The van der Waals surface area contributed by atoms with Crippen LogP contribution in [0.1, 0.15) is 44.9 Å². The highest BCUT2D eigenvalue weighted by Gasteiger charge is 2.12. The van der Waals surface area contributed by atoms with Crippen molar-refractivity contribution in [2.45, 2.75) is 40.7 Å². The first kappa shape index (κ1) is 12.3. The first-order chi connectivity index (χ1) is 6.88. The molecule has 1 rings (SSSR count). The van der Waals surface area contributed by atoms with Crippen molar-refractivity contribution < 1.29 is 0 Å². The first-order valence-corrected chi connectivity index (χ1v) is 5.68. The fourth-order valence-electron chi connectivity index (χ4n) is 1.52. The van der Waals surface area contributed by atoms with Crippen molar-refractivity contribution in [3.63, 3.8) is 0 Å². The third kappa shape index (κ3) is 4.48. The van der Waals surface area contributed by atoms with Crippen LogP contribution in [0.2, 0.25) is 0 Å². The summed E-state index contributed by atoms with van der Waals surface area (Å²) in [5, 5.41) is 3.57. The number of benzene rings is 1. The van der Waals surface area contributed by atoms with Crippen LogP contribution < -0.4 is 5.32 Å². The lowest BCUT2D eigenvalue weighted by Crippen LogP contribution is -2.29. The largest absolute Gasteiger partial charge is 0.310 e. The zero-order valence-corrected chi connectivity index (χ0v) is 10.6. The molecule has 1 aromatic carbocycles. The highest BCUT2D eigenvalue weighted by molar-refractivity contribution is 5.24. The fourth-order valence-corrected chi connectivity index (χ4v) is 1.52. The van der Waals surface area contributed by atoms with Crippen LogP contribution in [0.15, 0.2) is 24.3 Å². The van der Waals surface area contributed by atoms with Crippen molar-refractivity contribution in [1.82, 2.24) is 5.32 Å². The van der Waals surface area contributed by atoms with Crippen molar-refractivity contribution in [2.75, 3.05) is 6.54 Å². The lowest BCUT2D eigenvalue weighted by atomic mass is 9.96. The molecule has 0 heterocycles. The summed E-state index contributed by atoms with van der Waals surface area (Å²) in [5.41, 5.74) is 3.05. The Morgan fingerprint density at radius 3 is 2.47 bits per heavy atom. The van der Waals surface area contributed by atoms with Gasteiger partial charge in [0.25, 0.3) is 0 Å². The van der Waals surface area contributed by atoms with Gasteiger partial charge < -0.3 is 5.32 Å². The molecule has 1 nitrogen and oxygen atoms in total. The van der Waals surface area contributed by atoms with Gasteiger partial charge in [0.05, 0.1) is 0 Å². The van der Waals surface area contributed by atoms with E-state index in [0.29, 0.717) is 11.5 Å². The molecule has 0 aromatic heterocycles. The molecule has 0 amide bonds. The maximum atomic E-state index is 3.57. The summed E-state index contributed by atoms with van der Waals surface area (Å²) in [4.78, 5) is 0. The van der Waals surface area contributed by atoms with E-state index in [1.165, 1.54) is 11.1 Å². The van der Waals surface area contributed by atoms with Crippen molar-refractivity contribution in [2.24, 2.45) is 5.41 Å². The number of rotatable bonds is 3. The van der Waals surface area contributed by atoms with Gasteiger partial charge in [0.15, 0.2) is 0 Å². The normalized spacial score (nSPS) is 13.9. The van der Waals surface area contributed by atoms with Gasteiger partial charge in [0, 0.05) is 12.6 Å². The van der Waals surface area contributed by atoms with Crippen molar-refractivity contribution in [3.8, 4) is 0 Å². The molecular weight excluding hydrogens is 182 g/mol. The topological polar surface area (TPSA) is 12.0 Å². The molecule has 1 aromatic rings. The van der Waals surface area contributed by atoms with Gasteiger partial charge in [-0.25, -0.2) is 0 Å². The van der Waals surface area contributed by atoms with E-state index in [0.717, 1.165) is 6.54 Å². The van der Waals surface area contributed by atoms with Gasteiger partial charge in [-0.3, -0.25) is 0 Å². The van der Waals surface area contributed by atoms with E-state index >= 15 is 0 Å². The quantitative estimate of drug-likeness (QED) is 0.793. The van der Waals surface area contributed by atoms with Gasteiger partial charge in [0.2, 0.25) is 0 Å². The zero-order chi connectivity index (χ0) is 11.5. The van der Waals surface area contributed by atoms with Crippen LogP contribution in [-0.4, -0.2) is 6.54 Å². The molecule has 1 N–H and O–H groups in total. The lowest BCUT2D eigenvalue weighted by molar-refractivity contribution is 0.359. The fraction of sp³-hybridized carbons (Fsp3) is 0.571. The van der Waals surface area contributed by atoms with E-state index < -0.39 is 0 Å². The molecule has 1 atom stereocenters. The molecule has 1 unspecified atom stereocenters. The maximum Gasteiger partial charge on any atom is 0.0292 e. The number of aryl methyl sites for hydroxylation is 1. The summed E-state index contributed by atoms with van der Waals surface area (Å²) in [5.74, 6) is 0. The van der Waals surface area contributed by atoms with Gasteiger partial charge >= 0.3 is 0 Å². The van der Waals surface area contributed by atoms with E-state index in [2.05, 4.69) is 64.2 Å². The van der Waals surface area contributed by atoms with Crippen molar-refractivity contribution >= 4 is 0 Å². The molecule has 0 saturated heterocycles. The molecule has 84 valence electrons. The molecule has 0 aliphatic rings. The zero-order valence-electron chi connectivity index (χ0n) is 10.6. The molecular formula is C14H23N. The molecule has 0 aliphatic carbocycles. The SMILES string of the molecule is Cc1cccc(C(C)NCC(C)(C)C)c1. The number of nitrogens with one attached hydrogen (secondary N) is 1. The van der Waals surface area contributed by atoms with E-state index in [1.807, 2.05) is 0 Å². The van der Waals surface area contributed by atoms with E-state index in [9.17, 15) is 0 Å². The molecule has 0 aliphatic heterocycles. The Labute approximate surface area is 93.9 Å². The molecule has 0 bridgehead atoms. The Balaban J connectivity index is 2.58. The average Bonchev–Trinajstić information content (AvgIpc) is 2.13. The Morgan fingerprint density at radius 2 is 1.93 bits per heavy atom. The maximum absolute atomic E-state index is 3.57. The average molecular weight is 205 g/mol. The lowest BCUT2D eigenvalue weighted by Gasteiger charge is -2.23. The predicted octanol–water partition coefficient (Wildman–Crippen LogP) is 3.69. The monoisotopic (exact) mass is 205 g/mol. The van der Waals surface area contributed by atoms with E-state index in [-0.39, 0.29) is 0 Å². The van der Waals surface area contributed by atoms with Crippen LogP contribution in [0.5, 0.6) is 0 Å². The van der Waals surface area contributed by atoms with Crippen molar-refractivity contribution in [1.29, 1.82) is 0 Å². The summed E-state index contributed by atoms with van der Waals surface area (Å²) in [6, 6.07) is 9.14. The Kier molecular flexibility index (Phi) is 3.92. The molecule has 15 heavy (non-hydrogen) atoms. The molecule has 0 saturated carbocycles. The van der Waals surface area contributed by atoms with Crippen LogP contribution in [0.3, 0.4) is 0 Å². The summed E-state index contributed by atoms with van der Waals surface area (Å²) >= 11 is 0. The second-order valence-electron chi connectivity index (χ2n) is 5.58. The highest BCUT2D eigenvalue weighted by atomic mass is 14.9. The second-order valence-corrected chi connectivity index (χ2v) is 5.58. The van der Waals surface area contributed by atoms with Gasteiger partial charge in [-0.2, -0.15) is 0 Å². The van der Waals surface area contributed by atoms with Crippen LogP contribution in [0.4, 0.5) is 0 Å². The van der Waals surface area contributed by atoms with Gasteiger partial charge in [-0.05, 0) is 24.8 Å². The summed E-state index contributed by atoms with van der Waals surface area (Å²) in [6.07, 6.45) is 0. The Hall–Kier alpha value is -0.820. The minimum atomic E-state index is 0.345. The van der Waals surface area contributed by atoms with E-state index in [1.54, 1.807) is 0 Å². The van der Waals surface area contributed by atoms with Gasteiger partial charge in [-0.1, -0.05) is 50.6 Å². The van der Waals surface area contributed by atoms with Gasteiger partial charge in [0.1, 0.15) is 0 Å². The third-order valence-electron chi connectivity index (χ3n) is 2.48. The third-order valence-corrected chi connectivity index (χ3v) is 2.48. The summed E-state index contributed by atoms with van der Waals surface area (Å²) in [6.45, 7) is 12.2. The second kappa shape index (κ2) is 4.80. The summed E-state index contributed by atoms with van der Waals surface area (Å²) in [7, 11) is 0. The smallest absolute Gasteiger partial charge is 0.0292 e. The van der Waals surface area contributed by atoms with Crippen LogP contribution in [0.25, 0.3) is 0 Å². The molecule has 1 heteroatoms. The highest BCUT2D eigenvalue weighted by Crippen LogP contribution is 2.17. The molecule has 0 spiro atoms. The van der Waals surface area contributed by atoms with Crippen LogP contribution in [-0.2, 0) is 0 Å². The number of hydrogen-bond donors (Lipinski definition) is 1.